The molecule has 0 bridgehead atoms. The highest BCUT2D eigenvalue weighted by molar-refractivity contribution is 7.99. The van der Waals surface area contributed by atoms with Crippen LogP contribution in [-0.2, 0) is 6.61 Å². The summed E-state index contributed by atoms with van der Waals surface area (Å²) in [6, 6.07) is 12.0. The highest BCUT2D eigenvalue weighted by atomic mass is 32.2. The first-order valence-electron chi connectivity index (χ1n) is 5.44. The Morgan fingerprint density at radius 3 is 2.67 bits per heavy atom. The molecule has 0 saturated heterocycles. The SMILES string of the molecule is COc1ccccc1Sc1ccc(F)cc1CO. The van der Waals surface area contributed by atoms with Gasteiger partial charge >= 0.3 is 0 Å². The first kappa shape index (κ1) is 12.9. The van der Waals surface area contributed by atoms with Crippen molar-refractivity contribution < 1.29 is 14.2 Å². The van der Waals surface area contributed by atoms with Crippen molar-refractivity contribution in [2.75, 3.05) is 7.11 Å². The third-order valence-corrected chi connectivity index (χ3v) is 3.66. The van der Waals surface area contributed by atoms with Crippen molar-refractivity contribution in [3.63, 3.8) is 0 Å². The van der Waals surface area contributed by atoms with E-state index in [1.807, 2.05) is 24.3 Å². The van der Waals surface area contributed by atoms with Gasteiger partial charge in [-0.2, -0.15) is 0 Å². The summed E-state index contributed by atoms with van der Waals surface area (Å²) in [5, 5.41) is 9.24. The summed E-state index contributed by atoms with van der Waals surface area (Å²) < 4.78 is 18.3. The largest absolute Gasteiger partial charge is 0.496 e. The molecule has 0 aliphatic carbocycles. The van der Waals surface area contributed by atoms with E-state index in [2.05, 4.69) is 0 Å². The van der Waals surface area contributed by atoms with Gasteiger partial charge in [-0.3, -0.25) is 0 Å². The maximum Gasteiger partial charge on any atom is 0.132 e. The third kappa shape index (κ3) is 2.83. The minimum Gasteiger partial charge on any atom is -0.496 e. The normalized spacial score (nSPS) is 10.4. The zero-order valence-corrected chi connectivity index (χ0v) is 10.7. The van der Waals surface area contributed by atoms with E-state index in [9.17, 15) is 9.50 Å². The maximum absolute atomic E-state index is 13.1. The fraction of sp³-hybridized carbons (Fsp3) is 0.143. The summed E-state index contributed by atoms with van der Waals surface area (Å²) in [5.74, 6) is 0.416. The van der Waals surface area contributed by atoms with E-state index in [-0.39, 0.29) is 12.4 Å². The molecule has 18 heavy (non-hydrogen) atoms. The molecular weight excluding hydrogens is 251 g/mol. The van der Waals surface area contributed by atoms with Crippen LogP contribution in [0.4, 0.5) is 4.39 Å². The number of rotatable bonds is 4. The Morgan fingerprint density at radius 1 is 1.17 bits per heavy atom. The Labute approximate surface area is 109 Å². The molecule has 0 unspecified atom stereocenters. The van der Waals surface area contributed by atoms with Crippen LogP contribution in [-0.4, -0.2) is 12.2 Å². The molecule has 0 aliphatic heterocycles. The molecule has 0 aliphatic rings. The number of hydrogen-bond donors (Lipinski definition) is 1. The minimum atomic E-state index is -0.344. The number of para-hydroxylation sites is 1. The molecular formula is C14H13FO2S. The van der Waals surface area contributed by atoms with Gasteiger partial charge in [0.15, 0.2) is 0 Å². The van der Waals surface area contributed by atoms with Crippen LogP contribution in [0.15, 0.2) is 52.3 Å². The second-order valence-electron chi connectivity index (χ2n) is 3.66. The first-order valence-corrected chi connectivity index (χ1v) is 6.26. The zero-order valence-electron chi connectivity index (χ0n) is 9.89. The summed E-state index contributed by atoms with van der Waals surface area (Å²) in [4.78, 5) is 1.75. The van der Waals surface area contributed by atoms with E-state index in [1.54, 1.807) is 13.2 Å². The quantitative estimate of drug-likeness (QED) is 0.916. The summed E-state index contributed by atoms with van der Waals surface area (Å²) in [6.07, 6.45) is 0. The molecule has 0 aromatic heterocycles. The molecule has 2 rings (SSSR count). The van der Waals surface area contributed by atoms with Gasteiger partial charge in [0.05, 0.1) is 18.6 Å². The Kier molecular flexibility index (Phi) is 4.23. The highest BCUT2D eigenvalue weighted by Gasteiger charge is 2.08. The van der Waals surface area contributed by atoms with Crippen molar-refractivity contribution in [1.29, 1.82) is 0 Å². The predicted octanol–water partition coefficient (Wildman–Crippen LogP) is 3.48. The molecule has 0 saturated carbocycles. The lowest BCUT2D eigenvalue weighted by atomic mass is 10.2. The molecule has 94 valence electrons. The number of hydrogen-bond acceptors (Lipinski definition) is 3. The van der Waals surface area contributed by atoms with E-state index in [4.69, 9.17) is 4.74 Å². The molecule has 0 fully saturated rings. The van der Waals surface area contributed by atoms with Crippen molar-refractivity contribution in [1.82, 2.24) is 0 Å². The van der Waals surface area contributed by atoms with E-state index in [1.165, 1.54) is 23.9 Å². The Balaban J connectivity index is 2.33. The Morgan fingerprint density at radius 2 is 1.94 bits per heavy atom. The number of ether oxygens (including phenoxy) is 1. The molecule has 4 heteroatoms. The monoisotopic (exact) mass is 264 g/mol. The number of aliphatic hydroxyl groups excluding tert-OH is 1. The van der Waals surface area contributed by atoms with Crippen LogP contribution in [0.1, 0.15) is 5.56 Å². The van der Waals surface area contributed by atoms with Crippen LogP contribution in [0.5, 0.6) is 5.75 Å². The number of halogens is 1. The second kappa shape index (κ2) is 5.89. The molecule has 2 aromatic carbocycles. The van der Waals surface area contributed by atoms with Gasteiger partial charge in [-0.1, -0.05) is 23.9 Å². The second-order valence-corrected chi connectivity index (χ2v) is 4.75. The molecule has 0 heterocycles. The molecule has 2 aromatic rings. The lowest BCUT2D eigenvalue weighted by Gasteiger charge is -2.10. The van der Waals surface area contributed by atoms with Crippen molar-refractivity contribution in [2.45, 2.75) is 16.4 Å². The van der Waals surface area contributed by atoms with E-state index < -0.39 is 0 Å². The van der Waals surface area contributed by atoms with Crippen LogP contribution >= 0.6 is 11.8 Å². The van der Waals surface area contributed by atoms with Gasteiger partial charge in [-0.05, 0) is 35.9 Å². The average Bonchev–Trinajstić information content (AvgIpc) is 2.41. The number of aliphatic hydroxyl groups is 1. The summed E-state index contributed by atoms with van der Waals surface area (Å²) in [7, 11) is 1.61. The standard InChI is InChI=1S/C14H13FO2S/c1-17-12-4-2-3-5-14(12)18-13-7-6-11(15)8-10(13)9-16/h2-8,16H,9H2,1H3. The maximum atomic E-state index is 13.1. The predicted molar refractivity (Wildman–Crippen MR) is 69.4 cm³/mol. The lowest BCUT2D eigenvalue weighted by Crippen LogP contribution is -1.90. The minimum absolute atomic E-state index is 0.185. The van der Waals surface area contributed by atoms with Gasteiger partial charge in [0.1, 0.15) is 11.6 Å². The van der Waals surface area contributed by atoms with Crippen LogP contribution in [0.2, 0.25) is 0 Å². The Bertz CT molecular complexity index is 543. The van der Waals surface area contributed by atoms with Gasteiger partial charge in [0.25, 0.3) is 0 Å². The van der Waals surface area contributed by atoms with E-state index >= 15 is 0 Å². The fourth-order valence-corrected chi connectivity index (χ4v) is 2.62. The summed E-state index contributed by atoms with van der Waals surface area (Å²) in [5.41, 5.74) is 0.575. The van der Waals surface area contributed by atoms with Gasteiger partial charge in [0, 0.05) is 4.90 Å². The van der Waals surface area contributed by atoms with Gasteiger partial charge in [0.2, 0.25) is 0 Å². The number of benzene rings is 2. The Hall–Kier alpha value is -1.52. The molecule has 0 amide bonds. The van der Waals surface area contributed by atoms with Crippen LogP contribution in [0, 0.1) is 5.82 Å². The van der Waals surface area contributed by atoms with Gasteiger partial charge in [-0.25, -0.2) is 4.39 Å². The smallest absolute Gasteiger partial charge is 0.132 e. The molecule has 0 spiro atoms. The van der Waals surface area contributed by atoms with Crippen LogP contribution in [0.3, 0.4) is 0 Å². The molecule has 0 atom stereocenters. The summed E-state index contributed by atoms with van der Waals surface area (Å²) >= 11 is 1.45. The average molecular weight is 264 g/mol. The van der Waals surface area contributed by atoms with Crippen molar-refractivity contribution >= 4 is 11.8 Å². The molecule has 1 N–H and O–H groups in total. The first-order chi connectivity index (χ1) is 8.74. The topological polar surface area (TPSA) is 29.5 Å². The van der Waals surface area contributed by atoms with Gasteiger partial charge < -0.3 is 9.84 Å². The van der Waals surface area contributed by atoms with Crippen molar-refractivity contribution in [3.05, 3.63) is 53.8 Å². The van der Waals surface area contributed by atoms with E-state index in [0.29, 0.717) is 5.56 Å². The fourth-order valence-electron chi connectivity index (χ4n) is 1.59. The lowest BCUT2D eigenvalue weighted by molar-refractivity contribution is 0.278. The third-order valence-electron chi connectivity index (χ3n) is 2.48. The van der Waals surface area contributed by atoms with E-state index in [0.717, 1.165) is 15.5 Å². The molecule has 0 radical (unpaired) electrons. The van der Waals surface area contributed by atoms with Crippen molar-refractivity contribution in [2.24, 2.45) is 0 Å². The number of methoxy groups -OCH3 is 1. The summed E-state index contributed by atoms with van der Waals surface area (Å²) in [6.45, 7) is -0.185. The van der Waals surface area contributed by atoms with Gasteiger partial charge in [-0.15, -0.1) is 0 Å². The van der Waals surface area contributed by atoms with Crippen molar-refractivity contribution in [3.8, 4) is 5.75 Å². The van der Waals surface area contributed by atoms with Crippen LogP contribution in [0.25, 0.3) is 0 Å². The molecule has 2 nitrogen and oxygen atoms in total. The highest BCUT2D eigenvalue weighted by Crippen LogP contribution is 2.36. The van der Waals surface area contributed by atoms with Crippen LogP contribution < -0.4 is 4.74 Å². The zero-order chi connectivity index (χ0) is 13.0.